The van der Waals surface area contributed by atoms with Crippen LogP contribution in [0.5, 0.6) is 0 Å². The van der Waals surface area contributed by atoms with E-state index in [1.54, 1.807) is 7.11 Å². The SMILES string of the molecule is C=C(OC)c1ccc(NC(=C)C2CC2)cc1N1CCCC1. The van der Waals surface area contributed by atoms with Crippen LogP contribution < -0.4 is 10.2 Å². The molecule has 3 nitrogen and oxygen atoms in total. The first-order valence-electron chi connectivity index (χ1n) is 7.77. The Morgan fingerprint density at radius 1 is 1.24 bits per heavy atom. The third-order valence-corrected chi connectivity index (χ3v) is 4.37. The van der Waals surface area contributed by atoms with E-state index in [4.69, 9.17) is 4.74 Å². The molecule has 2 fully saturated rings. The van der Waals surface area contributed by atoms with Crippen LogP contribution >= 0.6 is 0 Å². The maximum Gasteiger partial charge on any atom is 0.121 e. The second kappa shape index (κ2) is 5.84. The van der Waals surface area contributed by atoms with Crippen LogP contribution in [-0.4, -0.2) is 20.2 Å². The zero-order valence-electron chi connectivity index (χ0n) is 12.8. The minimum absolute atomic E-state index is 0.661. The van der Waals surface area contributed by atoms with Crippen molar-refractivity contribution in [1.82, 2.24) is 0 Å². The van der Waals surface area contributed by atoms with Gasteiger partial charge in [-0.25, -0.2) is 0 Å². The first kappa shape index (κ1) is 14.1. The van der Waals surface area contributed by atoms with E-state index in [0.29, 0.717) is 5.92 Å². The highest BCUT2D eigenvalue weighted by atomic mass is 16.5. The number of benzene rings is 1. The van der Waals surface area contributed by atoms with E-state index < -0.39 is 0 Å². The van der Waals surface area contributed by atoms with Crippen LogP contribution in [0.1, 0.15) is 31.2 Å². The highest BCUT2D eigenvalue weighted by molar-refractivity contribution is 5.76. The van der Waals surface area contributed by atoms with Crippen molar-refractivity contribution in [3.05, 3.63) is 42.6 Å². The first-order chi connectivity index (χ1) is 10.2. The minimum Gasteiger partial charge on any atom is -0.497 e. The molecule has 0 atom stereocenters. The Morgan fingerprint density at radius 3 is 2.57 bits per heavy atom. The van der Waals surface area contributed by atoms with Gasteiger partial charge >= 0.3 is 0 Å². The van der Waals surface area contributed by atoms with Crippen molar-refractivity contribution in [2.75, 3.05) is 30.4 Å². The molecular weight excluding hydrogens is 260 g/mol. The van der Waals surface area contributed by atoms with E-state index in [1.165, 1.54) is 31.4 Å². The first-order valence-corrected chi connectivity index (χ1v) is 7.77. The number of allylic oxidation sites excluding steroid dienone is 1. The standard InChI is InChI=1S/C18H24N2O/c1-13(15-6-7-15)19-16-8-9-17(14(2)21-3)18(12-16)20-10-4-5-11-20/h8-9,12,15,19H,1-2,4-7,10-11H2,3H3. The zero-order chi connectivity index (χ0) is 14.8. The summed E-state index contributed by atoms with van der Waals surface area (Å²) < 4.78 is 5.35. The van der Waals surface area contributed by atoms with Gasteiger partial charge in [0.25, 0.3) is 0 Å². The molecule has 1 aliphatic heterocycles. The zero-order valence-corrected chi connectivity index (χ0v) is 12.8. The van der Waals surface area contributed by atoms with Crippen LogP contribution in [0.15, 0.2) is 37.1 Å². The Kier molecular flexibility index (Phi) is 3.91. The molecule has 1 saturated carbocycles. The van der Waals surface area contributed by atoms with Gasteiger partial charge in [-0.1, -0.05) is 13.2 Å². The normalized spacial score (nSPS) is 17.7. The van der Waals surface area contributed by atoms with E-state index >= 15 is 0 Å². The average molecular weight is 284 g/mol. The molecule has 0 amide bonds. The number of nitrogens with zero attached hydrogens (tertiary/aromatic N) is 1. The maximum atomic E-state index is 5.35. The van der Waals surface area contributed by atoms with Gasteiger partial charge in [-0.2, -0.15) is 0 Å². The second-order valence-corrected chi connectivity index (χ2v) is 5.98. The highest BCUT2D eigenvalue weighted by Gasteiger charge is 2.25. The summed E-state index contributed by atoms with van der Waals surface area (Å²) in [5.74, 6) is 1.39. The molecular formula is C18H24N2O. The monoisotopic (exact) mass is 284 g/mol. The lowest BCUT2D eigenvalue weighted by molar-refractivity contribution is 0.371. The molecule has 1 saturated heterocycles. The molecule has 21 heavy (non-hydrogen) atoms. The van der Waals surface area contributed by atoms with Crippen molar-refractivity contribution < 1.29 is 4.74 Å². The van der Waals surface area contributed by atoms with Gasteiger partial charge in [-0.3, -0.25) is 0 Å². The van der Waals surface area contributed by atoms with Gasteiger partial charge in [0.2, 0.25) is 0 Å². The van der Waals surface area contributed by atoms with Crippen molar-refractivity contribution >= 4 is 17.1 Å². The molecule has 3 heteroatoms. The molecule has 1 N–H and O–H groups in total. The Labute approximate surface area is 127 Å². The molecule has 1 aromatic carbocycles. The molecule has 0 unspecified atom stereocenters. The fourth-order valence-corrected chi connectivity index (χ4v) is 2.89. The Balaban J connectivity index is 1.87. The summed E-state index contributed by atoms with van der Waals surface area (Å²) in [5.41, 5.74) is 4.55. The van der Waals surface area contributed by atoms with Crippen LogP contribution in [0.4, 0.5) is 11.4 Å². The van der Waals surface area contributed by atoms with E-state index in [9.17, 15) is 0 Å². The second-order valence-electron chi connectivity index (χ2n) is 5.98. The molecule has 1 aliphatic carbocycles. The van der Waals surface area contributed by atoms with Gasteiger partial charge in [0.15, 0.2) is 0 Å². The Morgan fingerprint density at radius 2 is 1.95 bits per heavy atom. The third-order valence-electron chi connectivity index (χ3n) is 4.37. The van der Waals surface area contributed by atoms with Crippen LogP contribution in [0.25, 0.3) is 5.76 Å². The topological polar surface area (TPSA) is 24.5 Å². The minimum atomic E-state index is 0.661. The van der Waals surface area contributed by atoms with Crippen LogP contribution in [0, 0.1) is 5.92 Å². The van der Waals surface area contributed by atoms with Crippen LogP contribution in [0.2, 0.25) is 0 Å². The van der Waals surface area contributed by atoms with Crippen molar-refractivity contribution in [2.45, 2.75) is 25.7 Å². The van der Waals surface area contributed by atoms with Gasteiger partial charge in [-0.05, 0) is 49.8 Å². The largest absolute Gasteiger partial charge is 0.497 e. The van der Waals surface area contributed by atoms with Gasteiger partial charge in [0.1, 0.15) is 5.76 Å². The quantitative estimate of drug-likeness (QED) is 0.791. The summed E-state index contributed by atoms with van der Waals surface area (Å²) in [6, 6.07) is 6.40. The predicted octanol–water partition coefficient (Wildman–Crippen LogP) is 4.24. The fourth-order valence-electron chi connectivity index (χ4n) is 2.89. The molecule has 2 aliphatic rings. The highest BCUT2D eigenvalue weighted by Crippen LogP contribution is 2.37. The molecule has 1 aromatic rings. The molecule has 0 bridgehead atoms. The fraction of sp³-hybridized carbons (Fsp3) is 0.444. The van der Waals surface area contributed by atoms with Gasteiger partial charge in [0, 0.05) is 35.7 Å². The summed E-state index contributed by atoms with van der Waals surface area (Å²) in [6.45, 7) is 10.4. The maximum absolute atomic E-state index is 5.35. The summed E-state index contributed by atoms with van der Waals surface area (Å²) in [5, 5.41) is 3.46. The molecule has 112 valence electrons. The predicted molar refractivity (Wildman–Crippen MR) is 89.4 cm³/mol. The number of nitrogens with one attached hydrogen (secondary N) is 1. The van der Waals surface area contributed by atoms with E-state index in [2.05, 4.69) is 41.6 Å². The summed E-state index contributed by atoms with van der Waals surface area (Å²) in [4.78, 5) is 2.42. The van der Waals surface area contributed by atoms with E-state index in [-0.39, 0.29) is 0 Å². The number of hydrogen-bond acceptors (Lipinski definition) is 3. The summed E-state index contributed by atoms with van der Waals surface area (Å²) in [6.07, 6.45) is 5.05. The van der Waals surface area contributed by atoms with Crippen molar-refractivity contribution in [3.8, 4) is 0 Å². The van der Waals surface area contributed by atoms with Gasteiger partial charge in [-0.15, -0.1) is 0 Å². The molecule has 0 spiro atoms. The average Bonchev–Trinajstić information content (AvgIpc) is 3.22. The number of anilines is 2. The smallest absolute Gasteiger partial charge is 0.121 e. The molecule has 3 rings (SSSR count). The van der Waals surface area contributed by atoms with Crippen LogP contribution in [-0.2, 0) is 4.74 Å². The molecule has 0 aromatic heterocycles. The Hall–Kier alpha value is -1.90. The lowest BCUT2D eigenvalue weighted by atomic mass is 10.1. The lowest BCUT2D eigenvalue weighted by Crippen LogP contribution is -2.19. The lowest BCUT2D eigenvalue weighted by Gasteiger charge is -2.23. The Bertz CT molecular complexity index is 554. The van der Waals surface area contributed by atoms with Gasteiger partial charge < -0.3 is 15.0 Å². The number of methoxy groups -OCH3 is 1. The third kappa shape index (κ3) is 3.07. The van der Waals surface area contributed by atoms with Crippen molar-refractivity contribution in [2.24, 2.45) is 5.92 Å². The summed E-state index contributed by atoms with van der Waals surface area (Å²) in [7, 11) is 1.68. The molecule has 1 heterocycles. The molecule has 0 radical (unpaired) electrons. The van der Waals surface area contributed by atoms with Gasteiger partial charge in [0.05, 0.1) is 7.11 Å². The summed E-state index contributed by atoms with van der Waals surface area (Å²) >= 11 is 0. The van der Waals surface area contributed by atoms with E-state index in [0.717, 1.165) is 35.8 Å². The number of hydrogen-bond donors (Lipinski definition) is 1. The number of rotatable bonds is 6. The van der Waals surface area contributed by atoms with Crippen molar-refractivity contribution in [1.29, 1.82) is 0 Å². The van der Waals surface area contributed by atoms with Crippen molar-refractivity contribution in [3.63, 3.8) is 0 Å². The number of ether oxygens (including phenoxy) is 1. The van der Waals surface area contributed by atoms with Crippen LogP contribution in [0.3, 0.4) is 0 Å². The van der Waals surface area contributed by atoms with E-state index in [1.807, 2.05) is 0 Å².